The number of alkyl carbamates (subject to hydrolysis) is 1. The van der Waals surface area contributed by atoms with Gasteiger partial charge in [0.05, 0.1) is 33.6 Å². The van der Waals surface area contributed by atoms with Gasteiger partial charge in [0.1, 0.15) is 13.2 Å². The van der Waals surface area contributed by atoms with Crippen molar-refractivity contribution in [2.75, 3.05) is 47.6 Å². The molecule has 3 aromatic carbocycles. The number of rotatable bonds is 14. The molecule has 0 fully saturated rings. The van der Waals surface area contributed by atoms with E-state index in [2.05, 4.69) is 68.4 Å². The zero-order valence-corrected chi connectivity index (χ0v) is 31.9. The lowest BCUT2D eigenvalue weighted by atomic mass is 9.98. The van der Waals surface area contributed by atoms with E-state index in [-0.39, 0.29) is 36.6 Å². The summed E-state index contributed by atoms with van der Waals surface area (Å²) < 4.78 is 28.7. The van der Waals surface area contributed by atoms with Crippen LogP contribution in [-0.2, 0) is 20.5 Å². The Hall–Kier alpha value is -4.87. The van der Waals surface area contributed by atoms with Crippen molar-refractivity contribution in [3.8, 4) is 39.6 Å². The number of fused-ring (bicyclic) bond motifs is 3. The highest BCUT2D eigenvalue weighted by atomic mass is 28.4. The molecule has 1 aliphatic carbocycles. The summed E-state index contributed by atoms with van der Waals surface area (Å²) in [5.41, 5.74) is 6.85. The molecule has 0 atom stereocenters. The van der Waals surface area contributed by atoms with E-state index in [0.717, 1.165) is 33.4 Å². The number of hydrogen-bond donors (Lipinski definition) is 1. The number of carbonyl (C=O) groups is 2. The Bertz CT molecular complexity index is 1790. The molecule has 0 radical (unpaired) electrons. The van der Waals surface area contributed by atoms with Crippen LogP contribution in [-0.4, -0.2) is 77.8 Å². The Kier molecular flexibility index (Phi) is 11.7. The Labute approximate surface area is 302 Å². The molecule has 5 rings (SSSR count). The number of aromatic nitrogens is 1. The van der Waals surface area contributed by atoms with Gasteiger partial charge < -0.3 is 33.6 Å². The summed E-state index contributed by atoms with van der Waals surface area (Å²) in [7, 11) is 2.63. The number of nitrogens with one attached hydrogen (secondary N) is 1. The highest BCUT2D eigenvalue weighted by molar-refractivity contribution is 6.74. The van der Waals surface area contributed by atoms with Gasteiger partial charge in [0, 0.05) is 30.8 Å². The lowest BCUT2D eigenvalue weighted by Gasteiger charge is -2.37. The van der Waals surface area contributed by atoms with Crippen molar-refractivity contribution in [2.24, 2.45) is 0 Å². The molecule has 1 N–H and O–H groups in total. The molecule has 10 nitrogen and oxygen atoms in total. The van der Waals surface area contributed by atoms with Gasteiger partial charge in [-0.1, -0.05) is 69.3 Å². The van der Waals surface area contributed by atoms with Crippen molar-refractivity contribution in [1.29, 1.82) is 0 Å². The molecule has 1 heterocycles. The van der Waals surface area contributed by atoms with E-state index in [1.807, 2.05) is 48.5 Å². The van der Waals surface area contributed by atoms with Crippen LogP contribution >= 0.6 is 0 Å². The van der Waals surface area contributed by atoms with E-state index in [9.17, 15) is 9.59 Å². The fraction of sp³-hybridized carbons (Fsp3) is 0.375. The van der Waals surface area contributed by atoms with Gasteiger partial charge in [-0.3, -0.25) is 9.78 Å². The number of benzene rings is 3. The van der Waals surface area contributed by atoms with Crippen LogP contribution in [0.3, 0.4) is 0 Å². The van der Waals surface area contributed by atoms with E-state index in [1.54, 1.807) is 32.4 Å². The minimum atomic E-state index is -2.06. The monoisotopic (exact) mass is 711 g/mol. The molecule has 0 bridgehead atoms. The zero-order chi connectivity index (χ0) is 36.8. The number of nitrogens with zero attached hydrogens (tertiary/aromatic N) is 2. The van der Waals surface area contributed by atoms with Gasteiger partial charge in [0.25, 0.3) is 0 Å². The summed E-state index contributed by atoms with van der Waals surface area (Å²) >= 11 is 0. The molecule has 1 aliphatic rings. The molecule has 2 amide bonds. The van der Waals surface area contributed by atoms with E-state index in [4.69, 9.17) is 23.4 Å². The third kappa shape index (κ3) is 8.54. The number of pyridine rings is 1. The molecule has 4 aromatic rings. The number of carbonyl (C=O) groups excluding carboxylic acids is 2. The van der Waals surface area contributed by atoms with Crippen LogP contribution in [0.2, 0.25) is 18.1 Å². The second-order valence-electron chi connectivity index (χ2n) is 14.1. The van der Waals surface area contributed by atoms with Gasteiger partial charge >= 0.3 is 6.09 Å². The van der Waals surface area contributed by atoms with Gasteiger partial charge in [-0.15, -0.1) is 0 Å². The van der Waals surface area contributed by atoms with Gasteiger partial charge in [-0.05, 0) is 70.2 Å². The smallest absolute Gasteiger partial charge is 0.407 e. The zero-order valence-electron chi connectivity index (χ0n) is 30.9. The van der Waals surface area contributed by atoms with Crippen molar-refractivity contribution in [3.05, 3.63) is 95.7 Å². The number of ether oxygens (including phenoxy) is 4. The van der Waals surface area contributed by atoms with Crippen molar-refractivity contribution in [3.63, 3.8) is 0 Å². The summed E-state index contributed by atoms with van der Waals surface area (Å²) in [5, 5.41) is 2.71. The van der Waals surface area contributed by atoms with Crippen LogP contribution in [0.25, 0.3) is 22.4 Å². The van der Waals surface area contributed by atoms with Gasteiger partial charge in [-0.2, -0.15) is 0 Å². The molecule has 0 saturated carbocycles. The lowest BCUT2D eigenvalue weighted by molar-refractivity contribution is -0.131. The predicted octanol–water partition coefficient (Wildman–Crippen LogP) is 7.66. The molecule has 0 spiro atoms. The summed E-state index contributed by atoms with van der Waals surface area (Å²) in [5.74, 6) is 1.18. The molecule has 0 unspecified atom stereocenters. The number of amides is 2. The van der Waals surface area contributed by atoms with Gasteiger partial charge in [0.15, 0.2) is 19.8 Å². The predicted molar refractivity (Wildman–Crippen MR) is 201 cm³/mol. The first-order valence-electron chi connectivity index (χ1n) is 17.1. The Morgan fingerprint density at radius 1 is 0.863 bits per heavy atom. The first-order chi connectivity index (χ1) is 24.4. The maximum absolute atomic E-state index is 13.7. The van der Waals surface area contributed by atoms with Crippen LogP contribution in [0.15, 0.2) is 79.0 Å². The van der Waals surface area contributed by atoms with Crippen molar-refractivity contribution in [2.45, 2.75) is 51.4 Å². The molecule has 0 aliphatic heterocycles. The van der Waals surface area contributed by atoms with Crippen LogP contribution in [0, 0.1) is 0 Å². The van der Waals surface area contributed by atoms with E-state index >= 15 is 0 Å². The van der Waals surface area contributed by atoms with Gasteiger partial charge in [-0.25, -0.2) is 4.79 Å². The Balaban J connectivity index is 1.28. The number of hydrogen-bond acceptors (Lipinski definition) is 8. The largest absolute Gasteiger partial charge is 0.493 e. The Morgan fingerprint density at radius 2 is 1.47 bits per heavy atom. The normalized spacial score (nSPS) is 12.5. The fourth-order valence-electron chi connectivity index (χ4n) is 6.01. The number of methoxy groups -OCH3 is 3. The van der Waals surface area contributed by atoms with E-state index < -0.39 is 14.4 Å². The van der Waals surface area contributed by atoms with Crippen LogP contribution < -0.4 is 19.5 Å². The molecule has 1 aromatic heterocycles. The average Bonchev–Trinajstić information content (AvgIpc) is 3.44. The highest BCUT2D eigenvalue weighted by Gasteiger charge is 2.37. The molecular weight excluding hydrogens is 663 g/mol. The van der Waals surface area contributed by atoms with Crippen molar-refractivity contribution in [1.82, 2.24) is 15.2 Å². The topological polar surface area (TPSA) is 108 Å². The Morgan fingerprint density at radius 3 is 2.04 bits per heavy atom. The molecule has 0 saturated heterocycles. The molecular formula is C40H49N3O7Si. The summed E-state index contributed by atoms with van der Waals surface area (Å²) in [6.07, 6.45) is 1.06. The maximum Gasteiger partial charge on any atom is 0.407 e. The minimum absolute atomic E-state index is 0.0218. The second kappa shape index (κ2) is 16.0. The maximum atomic E-state index is 13.7. The first kappa shape index (κ1) is 37.4. The standard InChI is InChI=1S/C40H49N3O7Si/c1-40(2,3)51(7,8)50-20-19-43(25-27-17-18-41-34(21-27)28-22-35(46-4)38(48-6)36(23-28)47-5)37(44)24-42-39(45)49-26-33-31-15-11-9-13-29(31)30-14-10-12-16-32(30)33/h9-18,21-23,33H,19-20,24-26H2,1-8H3,(H,42,45). The van der Waals surface area contributed by atoms with Crippen molar-refractivity contribution >= 4 is 20.3 Å². The van der Waals surface area contributed by atoms with Crippen LogP contribution in [0.1, 0.15) is 43.4 Å². The van der Waals surface area contributed by atoms with Crippen LogP contribution in [0.4, 0.5) is 4.79 Å². The van der Waals surface area contributed by atoms with Gasteiger partial charge in [0.2, 0.25) is 11.7 Å². The molecule has 11 heteroatoms. The third-order valence-electron chi connectivity index (χ3n) is 9.87. The highest BCUT2D eigenvalue weighted by Crippen LogP contribution is 2.45. The summed E-state index contributed by atoms with van der Waals surface area (Å²) in [4.78, 5) is 33.0. The second-order valence-corrected chi connectivity index (χ2v) is 18.9. The van der Waals surface area contributed by atoms with Crippen LogP contribution in [0.5, 0.6) is 17.2 Å². The van der Waals surface area contributed by atoms with E-state index in [1.165, 1.54) is 0 Å². The minimum Gasteiger partial charge on any atom is -0.493 e. The third-order valence-corrected chi connectivity index (χ3v) is 14.4. The SMILES string of the molecule is COc1cc(-c2cc(CN(CCO[Si](C)(C)C(C)(C)C)C(=O)CNC(=O)OCC3c4ccccc4-c4ccccc43)ccn2)cc(OC)c1OC. The quantitative estimate of drug-likeness (QED) is 0.133. The fourth-order valence-corrected chi connectivity index (χ4v) is 7.04. The first-order valence-corrected chi connectivity index (χ1v) is 20.0. The average molecular weight is 712 g/mol. The summed E-state index contributed by atoms with van der Waals surface area (Å²) in [6, 6.07) is 23.8. The lowest BCUT2D eigenvalue weighted by Crippen LogP contribution is -2.45. The molecule has 51 heavy (non-hydrogen) atoms. The summed E-state index contributed by atoms with van der Waals surface area (Å²) in [6.45, 7) is 11.9. The van der Waals surface area contributed by atoms with Crippen molar-refractivity contribution < 1.29 is 33.0 Å². The van der Waals surface area contributed by atoms with E-state index in [0.29, 0.717) is 36.1 Å². The molecule has 270 valence electrons.